The maximum absolute atomic E-state index is 5.82. The van der Waals surface area contributed by atoms with Crippen LogP contribution in [0.3, 0.4) is 0 Å². The van der Waals surface area contributed by atoms with E-state index >= 15 is 0 Å². The highest BCUT2D eigenvalue weighted by Crippen LogP contribution is 2.25. The lowest BCUT2D eigenvalue weighted by Gasteiger charge is -2.19. The Balaban J connectivity index is 2.92. The second kappa shape index (κ2) is 2.49. The van der Waals surface area contributed by atoms with Gasteiger partial charge in [0.1, 0.15) is 0 Å². The Morgan fingerprint density at radius 1 is 1.50 bits per heavy atom. The van der Waals surface area contributed by atoms with Crippen LogP contribution in [0, 0.1) is 5.92 Å². The number of hydrogen-bond donors (Lipinski definition) is 1. The Morgan fingerprint density at radius 3 is 2.60 bits per heavy atom. The average Bonchev–Trinajstić information content (AvgIpc) is 1.82. The largest absolute Gasteiger partial charge is 0.402 e. The molecule has 0 fully saturated rings. The van der Waals surface area contributed by atoms with Gasteiger partial charge in [0.2, 0.25) is 0 Å². The normalized spacial score (nSPS) is 26.7. The van der Waals surface area contributed by atoms with Crippen LogP contribution in [-0.2, 0) is 0 Å². The third-order valence-electron chi connectivity index (χ3n) is 2.08. The van der Waals surface area contributed by atoms with Crippen molar-refractivity contribution in [3.8, 4) is 0 Å². The summed E-state index contributed by atoms with van der Waals surface area (Å²) in [6.45, 7) is 6.41. The third kappa shape index (κ3) is 1.23. The molecule has 0 aliphatic heterocycles. The molecule has 0 aromatic heterocycles. The predicted molar refractivity (Wildman–Crippen MR) is 44.4 cm³/mol. The van der Waals surface area contributed by atoms with Gasteiger partial charge in [0, 0.05) is 5.70 Å². The highest BCUT2D eigenvalue weighted by Gasteiger charge is 2.12. The monoisotopic (exact) mass is 137 g/mol. The second-order valence-corrected chi connectivity index (χ2v) is 3.23. The topological polar surface area (TPSA) is 26.0 Å². The fraction of sp³-hybridized carbons (Fsp3) is 0.556. The highest BCUT2D eigenvalue weighted by molar-refractivity contribution is 5.31. The van der Waals surface area contributed by atoms with Crippen molar-refractivity contribution < 1.29 is 0 Å². The van der Waals surface area contributed by atoms with Crippen molar-refractivity contribution in [2.24, 2.45) is 11.7 Å². The van der Waals surface area contributed by atoms with Gasteiger partial charge in [-0.2, -0.15) is 0 Å². The molecule has 0 saturated carbocycles. The van der Waals surface area contributed by atoms with Crippen molar-refractivity contribution in [1.29, 1.82) is 0 Å². The van der Waals surface area contributed by atoms with E-state index in [1.165, 1.54) is 11.1 Å². The molecule has 0 radical (unpaired) electrons. The van der Waals surface area contributed by atoms with Crippen molar-refractivity contribution in [2.45, 2.75) is 27.2 Å². The van der Waals surface area contributed by atoms with Crippen molar-refractivity contribution in [3.05, 3.63) is 22.9 Å². The third-order valence-corrected chi connectivity index (χ3v) is 2.08. The fourth-order valence-electron chi connectivity index (χ4n) is 1.49. The average molecular weight is 137 g/mol. The summed E-state index contributed by atoms with van der Waals surface area (Å²) in [6, 6.07) is 0. The van der Waals surface area contributed by atoms with Crippen LogP contribution in [0.4, 0.5) is 0 Å². The van der Waals surface area contributed by atoms with E-state index in [0.717, 1.165) is 12.1 Å². The zero-order chi connectivity index (χ0) is 7.72. The first kappa shape index (κ1) is 7.39. The van der Waals surface area contributed by atoms with E-state index in [2.05, 4.69) is 26.8 Å². The molecule has 1 rings (SSSR count). The van der Waals surface area contributed by atoms with Gasteiger partial charge in [-0.25, -0.2) is 0 Å². The van der Waals surface area contributed by atoms with Crippen molar-refractivity contribution >= 4 is 0 Å². The summed E-state index contributed by atoms with van der Waals surface area (Å²) in [5.41, 5.74) is 9.57. The molecule has 0 spiro atoms. The van der Waals surface area contributed by atoms with Gasteiger partial charge in [-0.1, -0.05) is 18.6 Å². The molecule has 10 heavy (non-hydrogen) atoms. The van der Waals surface area contributed by atoms with Crippen molar-refractivity contribution in [3.63, 3.8) is 0 Å². The number of nitrogens with two attached hydrogens (primary N) is 1. The minimum Gasteiger partial charge on any atom is -0.402 e. The van der Waals surface area contributed by atoms with Crippen LogP contribution < -0.4 is 5.73 Å². The lowest BCUT2D eigenvalue weighted by Crippen LogP contribution is -2.14. The molecule has 1 atom stereocenters. The molecular weight excluding hydrogens is 122 g/mol. The van der Waals surface area contributed by atoms with E-state index in [9.17, 15) is 0 Å². The van der Waals surface area contributed by atoms with Crippen LogP contribution in [-0.4, -0.2) is 0 Å². The summed E-state index contributed by atoms with van der Waals surface area (Å²) < 4.78 is 0. The van der Waals surface area contributed by atoms with Gasteiger partial charge in [0.05, 0.1) is 0 Å². The first-order chi connectivity index (χ1) is 4.61. The maximum Gasteiger partial charge on any atom is 0.0142 e. The minimum atomic E-state index is 0.546. The summed E-state index contributed by atoms with van der Waals surface area (Å²) in [6.07, 6.45) is 3.30. The summed E-state index contributed by atoms with van der Waals surface area (Å²) in [4.78, 5) is 0. The number of allylic oxidation sites excluding steroid dienone is 4. The number of rotatable bonds is 0. The summed E-state index contributed by atoms with van der Waals surface area (Å²) in [5, 5.41) is 0. The zero-order valence-electron chi connectivity index (χ0n) is 6.94. The van der Waals surface area contributed by atoms with Crippen LogP contribution in [0.5, 0.6) is 0 Å². The van der Waals surface area contributed by atoms with E-state index in [4.69, 9.17) is 5.73 Å². The van der Waals surface area contributed by atoms with Crippen molar-refractivity contribution in [2.75, 3.05) is 0 Å². The van der Waals surface area contributed by atoms with Gasteiger partial charge >= 0.3 is 0 Å². The minimum absolute atomic E-state index is 0.546. The molecule has 1 nitrogen and oxygen atoms in total. The summed E-state index contributed by atoms with van der Waals surface area (Å²) >= 11 is 0. The molecule has 0 amide bonds. The van der Waals surface area contributed by atoms with Crippen LogP contribution in [0.15, 0.2) is 22.9 Å². The molecule has 1 aliphatic rings. The van der Waals surface area contributed by atoms with E-state index < -0.39 is 0 Å². The second-order valence-electron chi connectivity index (χ2n) is 3.23. The molecule has 0 aromatic rings. The molecule has 0 aromatic carbocycles. The standard InChI is InChI=1S/C9H15N/c1-6-4-7(2)9(10)8(3)5-6/h4,8H,5,10H2,1-3H3. The fourth-order valence-corrected chi connectivity index (χ4v) is 1.49. The molecule has 2 N–H and O–H groups in total. The molecule has 1 aliphatic carbocycles. The maximum atomic E-state index is 5.82. The van der Waals surface area contributed by atoms with Gasteiger partial charge in [-0.15, -0.1) is 0 Å². The molecule has 0 bridgehead atoms. The Bertz CT molecular complexity index is 199. The highest BCUT2D eigenvalue weighted by atomic mass is 14.6. The van der Waals surface area contributed by atoms with Crippen LogP contribution in [0.25, 0.3) is 0 Å². The van der Waals surface area contributed by atoms with Crippen LogP contribution in [0.1, 0.15) is 27.2 Å². The van der Waals surface area contributed by atoms with E-state index in [-0.39, 0.29) is 0 Å². The predicted octanol–water partition coefficient (Wildman–Crippen LogP) is 2.21. The zero-order valence-corrected chi connectivity index (χ0v) is 6.94. The van der Waals surface area contributed by atoms with E-state index in [1.807, 2.05) is 0 Å². The molecule has 0 saturated heterocycles. The molecular formula is C9H15N. The van der Waals surface area contributed by atoms with E-state index in [1.54, 1.807) is 0 Å². The van der Waals surface area contributed by atoms with E-state index in [0.29, 0.717) is 5.92 Å². The van der Waals surface area contributed by atoms with Crippen LogP contribution in [0.2, 0.25) is 0 Å². The van der Waals surface area contributed by atoms with Gasteiger partial charge in [-0.05, 0) is 31.8 Å². The Kier molecular flexibility index (Phi) is 1.84. The first-order valence-corrected chi connectivity index (χ1v) is 3.74. The van der Waals surface area contributed by atoms with Gasteiger partial charge < -0.3 is 5.73 Å². The lowest BCUT2D eigenvalue weighted by atomic mass is 9.90. The molecule has 56 valence electrons. The number of hydrogen-bond acceptors (Lipinski definition) is 1. The quantitative estimate of drug-likeness (QED) is 0.544. The SMILES string of the molecule is CC1=CC(C)=C(N)C(C)C1. The molecule has 0 heterocycles. The lowest BCUT2D eigenvalue weighted by molar-refractivity contribution is 0.645. The Hall–Kier alpha value is -0.720. The molecule has 1 heteroatoms. The first-order valence-electron chi connectivity index (χ1n) is 3.74. The van der Waals surface area contributed by atoms with Gasteiger partial charge in [-0.3, -0.25) is 0 Å². The smallest absolute Gasteiger partial charge is 0.0142 e. The van der Waals surface area contributed by atoms with Crippen molar-refractivity contribution in [1.82, 2.24) is 0 Å². The molecule has 1 unspecified atom stereocenters. The summed E-state index contributed by atoms with van der Waals surface area (Å²) in [7, 11) is 0. The Labute approximate surface area is 62.6 Å². The Morgan fingerprint density at radius 2 is 2.10 bits per heavy atom. The summed E-state index contributed by atoms with van der Waals surface area (Å²) in [5.74, 6) is 0.546. The van der Waals surface area contributed by atoms with Gasteiger partial charge in [0.15, 0.2) is 0 Å². The van der Waals surface area contributed by atoms with Gasteiger partial charge in [0.25, 0.3) is 0 Å². The van der Waals surface area contributed by atoms with Crippen LogP contribution >= 0.6 is 0 Å².